The van der Waals surface area contributed by atoms with Crippen LogP contribution in [0.5, 0.6) is 11.5 Å². The molecule has 144 valence electrons. The number of para-hydroxylation sites is 1. The lowest BCUT2D eigenvalue weighted by atomic mass is 10.1. The van der Waals surface area contributed by atoms with E-state index in [2.05, 4.69) is 5.10 Å². The van der Waals surface area contributed by atoms with Crippen LogP contribution in [-0.2, 0) is 13.7 Å². The third kappa shape index (κ3) is 4.46. The maximum Gasteiger partial charge on any atom is 0.203 e. The number of carbonyl (C=O) groups excluding carboxylic acids is 1. The molecular weight excluding hydrogens is 359 g/mol. The predicted molar refractivity (Wildman–Crippen MR) is 105 cm³/mol. The normalized spacial score (nSPS) is 11.0. The molecule has 5 nitrogen and oxygen atoms in total. The van der Waals surface area contributed by atoms with Gasteiger partial charge in [0.05, 0.1) is 12.8 Å². The Hall–Kier alpha value is -3.41. The topological polar surface area (TPSA) is 53.3 Å². The molecule has 0 aliphatic heterocycles. The monoisotopic (exact) mass is 380 g/mol. The highest BCUT2D eigenvalue weighted by Gasteiger charge is 2.10. The van der Waals surface area contributed by atoms with Gasteiger partial charge < -0.3 is 9.47 Å². The summed E-state index contributed by atoms with van der Waals surface area (Å²) in [6.07, 6.45) is 3.22. The van der Waals surface area contributed by atoms with Gasteiger partial charge in [-0.3, -0.25) is 9.48 Å². The number of hydrogen-bond acceptors (Lipinski definition) is 4. The summed E-state index contributed by atoms with van der Waals surface area (Å²) in [4.78, 5) is 12.4. The van der Waals surface area contributed by atoms with E-state index in [1.807, 2.05) is 19.1 Å². The van der Waals surface area contributed by atoms with Gasteiger partial charge in [0.25, 0.3) is 0 Å². The van der Waals surface area contributed by atoms with E-state index < -0.39 is 5.82 Å². The molecule has 0 bridgehead atoms. The summed E-state index contributed by atoms with van der Waals surface area (Å²) in [5, 5.41) is 4.18. The smallest absolute Gasteiger partial charge is 0.203 e. The number of methoxy groups -OCH3 is 1. The van der Waals surface area contributed by atoms with Crippen molar-refractivity contribution in [2.24, 2.45) is 7.05 Å². The maximum absolute atomic E-state index is 13.7. The molecular formula is C22H21FN2O3. The molecule has 0 radical (unpaired) electrons. The minimum atomic E-state index is -0.422. The molecule has 0 unspecified atom stereocenters. The van der Waals surface area contributed by atoms with Gasteiger partial charge in [0.15, 0.2) is 11.6 Å². The van der Waals surface area contributed by atoms with Crippen LogP contribution in [0.1, 0.15) is 27.3 Å². The Labute approximate surface area is 163 Å². The minimum Gasteiger partial charge on any atom is -0.496 e. The summed E-state index contributed by atoms with van der Waals surface area (Å²) in [5.41, 5.74) is 2.86. The number of carbonyl (C=O) groups is 1. The van der Waals surface area contributed by atoms with Gasteiger partial charge in [-0.2, -0.15) is 5.10 Å². The van der Waals surface area contributed by atoms with E-state index in [0.29, 0.717) is 11.4 Å². The molecule has 0 atom stereocenters. The van der Waals surface area contributed by atoms with Crippen LogP contribution in [0.4, 0.5) is 4.39 Å². The highest BCUT2D eigenvalue weighted by atomic mass is 19.1. The van der Waals surface area contributed by atoms with Crippen LogP contribution in [0.15, 0.2) is 54.6 Å². The SMILES string of the molecule is COc1ccc(/C=C/C(=O)c2cc(C)nn2C)cc1COc1ccccc1F. The summed E-state index contributed by atoms with van der Waals surface area (Å²) < 4.78 is 26.2. The number of aryl methyl sites for hydroxylation is 2. The Balaban J connectivity index is 1.77. The van der Waals surface area contributed by atoms with Crippen molar-refractivity contribution >= 4 is 11.9 Å². The second kappa shape index (κ2) is 8.52. The Morgan fingerprint density at radius 3 is 2.64 bits per heavy atom. The van der Waals surface area contributed by atoms with Crippen LogP contribution in [0.2, 0.25) is 0 Å². The molecule has 0 N–H and O–H groups in total. The van der Waals surface area contributed by atoms with Gasteiger partial charge in [-0.15, -0.1) is 0 Å². The third-order valence-electron chi connectivity index (χ3n) is 4.21. The van der Waals surface area contributed by atoms with E-state index >= 15 is 0 Å². The van der Waals surface area contributed by atoms with Gasteiger partial charge in [0.2, 0.25) is 5.78 Å². The van der Waals surface area contributed by atoms with E-state index in [-0.39, 0.29) is 18.1 Å². The van der Waals surface area contributed by atoms with Gasteiger partial charge in [0.1, 0.15) is 18.1 Å². The van der Waals surface area contributed by atoms with E-state index in [1.54, 1.807) is 55.2 Å². The lowest BCUT2D eigenvalue weighted by molar-refractivity contribution is 0.103. The number of allylic oxidation sites excluding steroid dienone is 1. The lowest BCUT2D eigenvalue weighted by Gasteiger charge is -2.11. The average Bonchev–Trinajstić information content (AvgIpc) is 3.03. The van der Waals surface area contributed by atoms with Crippen molar-refractivity contribution in [3.05, 3.63) is 82.9 Å². The number of benzene rings is 2. The summed E-state index contributed by atoms with van der Waals surface area (Å²) in [6, 6.07) is 13.4. The number of aromatic nitrogens is 2. The Morgan fingerprint density at radius 1 is 1.18 bits per heavy atom. The van der Waals surface area contributed by atoms with E-state index in [1.165, 1.54) is 12.1 Å². The van der Waals surface area contributed by atoms with Crippen LogP contribution in [0, 0.1) is 12.7 Å². The molecule has 3 rings (SSSR count). The van der Waals surface area contributed by atoms with Crippen molar-refractivity contribution in [3.8, 4) is 11.5 Å². The van der Waals surface area contributed by atoms with Crippen molar-refractivity contribution in [3.63, 3.8) is 0 Å². The minimum absolute atomic E-state index is 0.136. The van der Waals surface area contributed by atoms with Gasteiger partial charge in [-0.25, -0.2) is 4.39 Å². The third-order valence-corrected chi connectivity index (χ3v) is 4.21. The summed E-state index contributed by atoms with van der Waals surface area (Å²) in [7, 11) is 3.30. The summed E-state index contributed by atoms with van der Waals surface area (Å²) in [5.74, 6) is 0.243. The molecule has 0 fully saturated rings. The quantitative estimate of drug-likeness (QED) is 0.452. The number of hydrogen-bond donors (Lipinski definition) is 0. The van der Waals surface area contributed by atoms with Crippen LogP contribution < -0.4 is 9.47 Å². The lowest BCUT2D eigenvalue weighted by Crippen LogP contribution is -2.04. The first-order valence-electron chi connectivity index (χ1n) is 8.75. The van der Waals surface area contributed by atoms with Crippen LogP contribution in [0.25, 0.3) is 6.08 Å². The Morgan fingerprint density at radius 2 is 1.96 bits per heavy atom. The van der Waals surface area contributed by atoms with E-state index in [0.717, 1.165) is 16.8 Å². The van der Waals surface area contributed by atoms with Crippen molar-refractivity contribution in [1.82, 2.24) is 9.78 Å². The molecule has 3 aromatic rings. The standard InChI is InChI=1S/C22H21FN2O3/c1-15-12-19(25(2)24-15)20(26)10-8-16-9-11-21(27-3)17(13-16)14-28-22-7-5-4-6-18(22)23/h4-13H,14H2,1-3H3/b10-8+. The molecule has 28 heavy (non-hydrogen) atoms. The predicted octanol–water partition coefficient (Wildman–Crippen LogP) is 4.35. The molecule has 6 heteroatoms. The van der Waals surface area contributed by atoms with Gasteiger partial charge in [0, 0.05) is 12.6 Å². The van der Waals surface area contributed by atoms with Gasteiger partial charge in [-0.05, 0) is 48.9 Å². The molecule has 1 heterocycles. The Kier molecular flexibility index (Phi) is 5.89. The number of rotatable bonds is 7. The second-order valence-electron chi connectivity index (χ2n) is 6.28. The fourth-order valence-electron chi connectivity index (χ4n) is 2.83. The van der Waals surface area contributed by atoms with Crippen LogP contribution >= 0.6 is 0 Å². The maximum atomic E-state index is 13.7. The number of nitrogens with zero attached hydrogens (tertiary/aromatic N) is 2. The fraction of sp³-hybridized carbons (Fsp3) is 0.182. The molecule has 0 spiro atoms. The van der Waals surface area contributed by atoms with Gasteiger partial charge >= 0.3 is 0 Å². The second-order valence-corrected chi connectivity index (χ2v) is 6.28. The van der Waals surface area contributed by atoms with Crippen LogP contribution in [-0.4, -0.2) is 22.7 Å². The molecule has 0 aliphatic carbocycles. The van der Waals surface area contributed by atoms with Crippen molar-refractivity contribution in [2.75, 3.05) is 7.11 Å². The zero-order valence-electron chi connectivity index (χ0n) is 16.0. The number of ketones is 1. The molecule has 0 aliphatic rings. The highest BCUT2D eigenvalue weighted by Crippen LogP contribution is 2.24. The molecule has 0 amide bonds. The number of halogens is 1. The summed E-state index contributed by atoms with van der Waals surface area (Å²) in [6.45, 7) is 1.98. The molecule has 0 saturated carbocycles. The number of ether oxygens (including phenoxy) is 2. The Bertz CT molecular complexity index is 1020. The first-order chi connectivity index (χ1) is 13.5. The highest BCUT2D eigenvalue weighted by molar-refractivity contribution is 6.05. The van der Waals surface area contributed by atoms with E-state index in [9.17, 15) is 9.18 Å². The largest absolute Gasteiger partial charge is 0.496 e. The van der Waals surface area contributed by atoms with E-state index in [4.69, 9.17) is 9.47 Å². The first-order valence-corrected chi connectivity index (χ1v) is 8.75. The van der Waals surface area contributed by atoms with Crippen molar-refractivity contribution in [1.29, 1.82) is 0 Å². The average molecular weight is 380 g/mol. The fourth-order valence-corrected chi connectivity index (χ4v) is 2.83. The molecule has 1 aromatic heterocycles. The van der Waals surface area contributed by atoms with Gasteiger partial charge in [-0.1, -0.05) is 24.3 Å². The molecule has 2 aromatic carbocycles. The first kappa shape index (κ1) is 19.4. The van der Waals surface area contributed by atoms with Crippen molar-refractivity contribution in [2.45, 2.75) is 13.5 Å². The molecule has 0 saturated heterocycles. The summed E-state index contributed by atoms with van der Waals surface area (Å²) >= 11 is 0. The zero-order valence-corrected chi connectivity index (χ0v) is 16.0. The zero-order chi connectivity index (χ0) is 20.1. The van der Waals surface area contributed by atoms with Crippen LogP contribution in [0.3, 0.4) is 0 Å². The van der Waals surface area contributed by atoms with Crippen molar-refractivity contribution < 1.29 is 18.7 Å².